The summed E-state index contributed by atoms with van der Waals surface area (Å²) in [4.78, 5) is 4.08. The van der Waals surface area contributed by atoms with Crippen LogP contribution in [-0.4, -0.2) is 18.2 Å². The Hall–Kier alpha value is -2.37. The van der Waals surface area contributed by atoms with E-state index in [1.165, 1.54) is 18.4 Å². The van der Waals surface area contributed by atoms with Gasteiger partial charge in [-0.05, 0) is 17.7 Å². The highest BCUT2D eigenvalue weighted by molar-refractivity contribution is 5.79. The Labute approximate surface area is 110 Å². The Kier molecular flexibility index (Phi) is 4.49. The van der Waals surface area contributed by atoms with Gasteiger partial charge in [-0.3, -0.25) is 4.99 Å². The first-order valence-electron chi connectivity index (χ1n) is 5.86. The van der Waals surface area contributed by atoms with Gasteiger partial charge in [-0.2, -0.15) is 0 Å². The van der Waals surface area contributed by atoms with E-state index in [0.29, 0.717) is 19.0 Å². The van der Waals surface area contributed by atoms with Crippen molar-refractivity contribution in [2.45, 2.75) is 13.1 Å². The average molecular weight is 262 g/mol. The molecule has 0 atom stereocenters. The van der Waals surface area contributed by atoms with Gasteiger partial charge >= 0.3 is 0 Å². The average Bonchev–Trinajstić information content (AvgIpc) is 2.94. The number of nitrogens with one attached hydrogen (secondary N) is 2. The molecule has 1 aromatic heterocycles. The summed E-state index contributed by atoms with van der Waals surface area (Å²) in [5.74, 6) is 0.407. The number of rotatable bonds is 4. The summed E-state index contributed by atoms with van der Waals surface area (Å²) in [6.45, 7) is 1.10. The topological polar surface area (TPSA) is 62.5 Å². The SMILES string of the molecule is CN=C(NCc1ccc(F)cc1)NCc1ccon1. The lowest BCUT2D eigenvalue weighted by atomic mass is 10.2. The molecule has 0 aliphatic carbocycles. The van der Waals surface area contributed by atoms with Crippen LogP contribution in [0, 0.1) is 5.82 Å². The summed E-state index contributed by atoms with van der Waals surface area (Å²) in [5.41, 5.74) is 1.77. The van der Waals surface area contributed by atoms with Gasteiger partial charge in [0.15, 0.2) is 5.96 Å². The van der Waals surface area contributed by atoms with Crippen molar-refractivity contribution in [2.75, 3.05) is 7.05 Å². The Balaban J connectivity index is 1.81. The standard InChI is InChI=1S/C13H15FN4O/c1-15-13(17-9-12-6-7-19-18-12)16-8-10-2-4-11(14)5-3-10/h2-7H,8-9H2,1H3,(H2,15,16,17). The van der Waals surface area contributed by atoms with Crippen molar-refractivity contribution in [1.29, 1.82) is 0 Å². The fourth-order valence-electron chi connectivity index (χ4n) is 1.51. The van der Waals surface area contributed by atoms with Crippen LogP contribution >= 0.6 is 0 Å². The molecule has 100 valence electrons. The Morgan fingerprint density at radius 2 is 1.95 bits per heavy atom. The first-order valence-corrected chi connectivity index (χ1v) is 5.86. The van der Waals surface area contributed by atoms with E-state index in [1.54, 1.807) is 25.2 Å². The Morgan fingerprint density at radius 1 is 1.21 bits per heavy atom. The number of benzene rings is 1. The number of halogens is 1. The van der Waals surface area contributed by atoms with Crippen LogP contribution in [0.5, 0.6) is 0 Å². The van der Waals surface area contributed by atoms with E-state index in [0.717, 1.165) is 11.3 Å². The van der Waals surface area contributed by atoms with E-state index in [1.807, 2.05) is 0 Å². The van der Waals surface area contributed by atoms with Gasteiger partial charge < -0.3 is 15.2 Å². The quantitative estimate of drug-likeness (QED) is 0.650. The first-order chi connectivity index (χ1) is 9.28. The minimum absolute atomic E-state index is 0.239. The van der Waals surface area contributed by atoms with Gasteiger partial charge in [0.25, 0.3) is 0 Å². The lowest BCUT2D eigenvalue weighted by Gasteiger charge is -2.10. The number of aliphatic imine (C=N–C) groups is 1. The van der Waals surface area contributed by atoms with Crippen molar-refractivity contribution in [3.05, 3.63) is 53.7 Å². The van der Waals surface area contributed by atoms with Crippen LogP contribution in [0.15, 0.2) is 46.1 Å². The molecule has 19 heavy (non-hydrogen) atoms. The second-order valence-corrected chi connectivity index (χ2v) is 3.90. The molecule has 5 nitrogen and oxygen atoms in total. The van der Waals surface area contributed by atoms with Gasteiger partial charge in [0.05, 0.1) is 6.54 Å². The zero-order valence-corrected chi connectivity index (χ0v) is 10.6. The van der Waals surface area contributed by atoms with Crippen molar-refractivity contribution in [1.82, 2.24) is 15.8 Å². The number of nitrogens with zero attached hydrogens (tertiary/aromatic N) is 2. The zero-order valence-electron chi connectivity index (χ0n) is 10.6. The molecule has 0 bridgehead atoms. The summed E-state index contributed by atoms with van der Waals surface area (Å²) < 4.78 is 17.5. The van der Waals surface area contributed by atoms with E-state index in [2.05, 4.69) is 20.8 Å². The molecule has 0 fully saturated rings. The fraction of sp³-hybridized carbons (Fsp3) is 0.231. The van der Waals surface area contributed by atoms with Gasteiger partial charge in [-0.1, -0.05) is 17.3 Å². The molecule has 0 radical (unpaired) electrons. The molecule has 0 amide bonds. The van der Waals surface area contributed by atoms with E-state index >= 15 is 0 Å². The summed E-state index contributed by atoms with van der Waals surface area (Å²) in [6, 6.07) is 8.10. The zero-order chi connectivity index (χ0) is 13.5. The Morgan fingerprint density at radius 3 is 2.58 bits per heavy atom. The highest BCUT2D eigenvalue weighted by Crippen LogP contribution is 2.02. The number of aromatic nitrogens is 1. The summed E-state index contributed by atoms with van der Waals surface area (Å²) in [6.07, 6.45) is 1.52. The number of hydrogen-bond acceptors (Lipinski definition) is 3. The lowest BCUT2D eigenvalue weighted by molar-refractivity contribution is 0.410. The number of hydrogen-bond donors (Lipinski definition) is 2. The molecule has 0 aliphatic heterocycles. The molecule has 0 saturated carbocycles. The second kappa shape index (κ2) is 6.53. The molecule has 0 saturated heterocycles. The Bertz CT molecular complexity index is 522. The maximum absolute atomic E-state index is 12.8. The highest BCUT2D eigenvalue weighted by atomic mass is 19.1. The molecule has 0 aliphatic rings. The van der Waals surface area contributed by atoms with Crippen LogP contribution < -0.4 is 10.6 Å². The fourth-order valence-corrected chi connectivity index (χ4v) is 1.51. The molecular formula is C13H15FN4O. The molecule has 2 rings (SSSR count). The van der Waals surface area contributed by atoms with Gasteiger partial charge in [0.2, 0.25) is 0 Å². The normalized spacial score (nSPS) is 11.4. The number of guanidine groups is 1. The van der Waals surface area contributed by atoms with E-state index in [4.69, 9.17) is 4.52 Å². The van der Waals surface area contributed by atoms with Crippen molar-refractivity contribution < 1.29 is 8.91 Å². The van der Waals surface area contributed by atoms with Crippen LogP contribution in [-0.2, 0) is 13.1 Å². The van der Waals surface area contributed by atoms with E-state index in [9.17, 15) is 4.39 Å². The monoisotopic (exact) mass is 262 g/mol. The highest BCUT2D eigenvalue weighted by Gasteiger charge is 2.00. The van der Waals surface area contributed by atoms with E-state index < -0.39 is 0 Å². The summed E-state index contributed by atoms with van der Waals surface area (Å²) in [7, 11) is 1.68. The van der Waals surface area contributed by atoms with Gasteiger partial charge in [-0.25, -0.2) is 4.39 Å². The molecule has 2 N–H and O–H groups in total. The third kappa shape index (κ3) is 4.09. The van der Waals surface area contributed by atoms with Crippen LogP contribution in [0.4, 0.5) is 4.39 Å². The molecule has 0 spiro atoms. The van der Waals surface area contributed by atoms with E-state index in [-0.39, 0.29) is 5.82 Å². The van der Waals surface area contributed by atoms with Crippen molar-refractivity contribution in [2.24, 2.45) is 4.99 Å². The van der Waals surface area contributed by atoms with Gasteiger partial charge in [0, 0.05) is 19.7 Å². The summed E-state index contributed by atoms with van der Waals surface area (Å²) in [5, 5.41) is 10.0. The molecule has 2 aromatic rings. The van der Waals surface area contributed by atoms with Crippen molar-refractivity contribution >= 4 is 5.96 Å². The minimum atomic E-state index is -0.239. The maximum atomic E-state index is 12.8. The van der Waals surface area contributed by atoms with Crippen LogP contribution in [0.2, 0.25) is 0 Å². The van der Waals surface area contributed by atoms with Crippen molar-refractivity contribution in [3.63, 3.8) is 0 Å². The largest absolute Gasteiger partial charge is 0.364 e. The first kappa shape index (κ1) is 13.1. The third-order valence-electron chi connectivity index (χ3n) is 2.53. The second-order valence-electron chi connectivity index (χ2n) is 3.90. The predicted octanol–water partition coefficient (Wildman–Crippen LogP) is 1.68. The molecular weight excluding hydrogens is 247 g/mol. The molecule has 1 heterocycles. The molecule has 0 unspecified atom stereocenters. The van der Waals surface area contributed by atoms with Gasteiger partial charge in [0.1, 0.15) is 17.8 Å². The van der Waals surface area contributed by atoms with Crippen LogP contribution in [0.25, 0.3) is 0 Å². The van der Waals surface area contributed by atoms with Crippen LogP contribution in [0.3, 0.4) is 0 Å². The van der Waals surface area contributed by atoms with Crippen molar-refractivity contribution in [3.8, 4) is 0 Å². The minimum Gasteiger partial charge on any atom is -0.364 e. The molecule has 1 aromatic carbocycles. The van der Waals surface area contributed by atoms with Gasteiger partial charge in [-0.15, -0.1) is 0 Å². The predicted molar refractivity (Wildman–Crippen MR) is 69.9 cm³/mol. The smallest absolute Gasteiger partial charge is 0.191 e. The van der Waals surface area contributed by atoms with Crippen LogP contribution in [0.1, 0.15) is 11.3 Å². The maximum Gasteiger partial charge on any atom is 0.191 e. The summed E-state index contributed by atoms with van der Waals surface area (Å²) >= 11 is 0. The molecule has 6 heteroatoms. The lowest BCUT2D eigenvalue weighted by Crippen LogP contribution is -2.36. The third-order valence-corrected chi connectivity index (χ3v) is 2.53.